The van der Waals surface area contributed by atoms with Crippen molar-refractivity contribution in [2.45, 2.75) is 0 Å². The van der Waals surface area contributed by atoms with E-state index >= 15 is 0 Å². The number of rotatable bonds is 6. The monoisotopic (exact) mass is 330 g/mol. The number of anilines is 2. The summed E-state index contributed by atoms with van der Waals surface area (Å²) in [4.78, 5) is 0. The second kappa shape index (κ2) is 5.93. The number of hydrogen-bond acceptors (Lipinski definition) is 4. The normalized spacial score (nSPS) is 12.2. The molecular formula is C9H12ClFN2O4S2. The zero-order chi connectivity index (χ0) is 14.7. The standard InChI is InChI=1S/C9H12ClFN2O4S2/c1-18(14,15)13-9-6-7(2-3-8(9)11)12-19(16,17)5-4-10/h2-3,6,12-13H,4-5H2,1H3. The van der Waals surface area contributed by atoms with Crippen molar-refractivity contribution >= 4 is 43.0 Å². The van der Waals surface area contributed by atoms with Crippen LogP contribution in [-0.2, 0) is 20.0 Å². The number of nitrogens with one attached hydrogen (secondary N) is 2. The Labute approximate surface area is 116 Å². The van der Waals surface area contributed by atoms with Crippen molar-refractivity contribution in [1.82, 2.24) is 0 Å². The fraction of sp³-hybridized carbons (Fsp3) is 0.333. The number of halogens is 2. The van der Waals surface area contributed by atoms with Crippen molar-refractivity contribution in [3.63, 3.8) is 0 Å². The highest BCUT2D eigenvalue weighted by atomic mass is 35.5. The molecule has 0 amide bonds. The Balaban J connectivity index is 3.03. The van der Waals surface area contributed by atoms with Gasteiger partial charge in [-0.15, -0.1) is 11.6 Å². The number of benzene rings is 1. The average Bonchev–Trinajstić information content (AvgIpc) is 2.20. The molecule has 0 saturated carbocycles. The smallest absolute Gasteiger partial charge is 0.233 e. The van der Waals surface area contributed by atoms with Gasteiger partial charge in [0.2, 0.25) is 20.0 Å². The fourth-order valence-corrected chi connectivity index (χ4v) is 3.16. The third kappa shape index (κ3) is 5.62. The molecule has 6 nitrogen and oxygen atoms in total. The third-order valence-electron chi connectivity index (χ3n) is 1.88. The number of hydrogen-bond donors (Lipinski definition) is 2. The predicted octanol–water partition coefficient (Wildman–Crippen LogP) is 1.18. The van der Waals surface area contributed by atoms with E-state index < -0.39 is 25.9 Å². The Morgan fingerprint density at radius 1 is 1.21 bits per heavy atom. The molecule has 0 unspecified atom stereocenters. The fourth-order valence-electron chi connectivity index (χ4n) is 1.20. The highest BCUT2D eigenvalue weighted by Gasteiger charge is 2.13. The summed E-state index contributed by atoms with van der Waals surface area (Å²) < 4.78 is 62.4. The van der Waals surface area contributed by atoms with Gasteiger partial charge in [-0.3, -0.25) is 9.44 Å². The van der Waals surface area contributed by atoms with E-state index in [0.29, 0.717) is 0 Å². The molecule has 0 aliphatic heterocycles. The van der Waals surface area contributed by atoms with Gasteiger partial charge in [0.25, 0.3) is 0 Å². The van der Waals surface area contributed by atoms with Crippen LogP contribution in [0.2, 0.25) is 0 Å². The molecule has 0 fully saturated rings. The van der Waals surface area contributed by atoms with Crippen molar-refractivity contribution in [3.05, 3.63) is 24.0 Å². The van der Waals surface area contributed by atoms with Gasteiger partial charge in [-0.05, 0) is 18.2 Å². The van der Waals surface area contributed by atoms with Crippen LogP contribution in [0.15, 0.2) is 18.2 Å². The third-order valence-corrected chi connectivity index (χ3v) is 4.17. The first kappa shape index (κ1) is 16.0. The first-order valence-electron chi connectivity index (χ1n) is 4.97. The molecule has 0 radical (unpaired) electrons. The minimum absolute atomic E-state index is 0.0395. The summed E-state index contributed by atoms with van der Waals surface area (Å²) in [6.07, 6.45) is 0.858. The maximum atomic E-state index is 13.4. The second-order valence-electron chi connectivity index (χ2n) is 3.68. The Hall–Kier alpha value is -1.06. The van der Waals surface area contributed by atoms with Crippen LogP contribution in [0.25, 0.3) is 0 Å². The van der Waals surface area contributed by atoms with E-state index in [1.807, 2.05) is 4.72 Å². The molecule has 0 aliphatic carbocycles. The summed E-state index contributed by atoms with van der Waals surface area (Å²) in [5.41, 5.74) is -0.300. The van der Waals surface area contributed by atoms with E-state index in [9.17, 15) is 21.2 Å². The van der Waals surface area contributed by atoms with Crippen LogP contribution in [0, 0.1) is 5.82 Å². The summed E-state index contributed by atoms with van der Waals surface area (Å²) in [5, 5.41) is 0. The lowest BCUT2D eigenvalue weighted by Crippen LogP contribution is -2.18. The Kier molecular flexibility index (Phi) is 4.99. The molecule has 2 N–H and O–H groups in total. The molecule has 0 saturated heterocycles. The van der Waals surface area contributed by atoms with Crippen LogP contribution in [0.5, 0.6) is 0 Å². The minimum atomic E-state index is -3.66. The number of sulfonamides is 2. The lowest BCUT2D eigenvalue weighted by molar-refractivity contribution is 0.602. The topological polar surface area (TPSA) is 92.3 Å². The molecule has 0 atom stereocenters. The number of alkyl halides is 1. The van der Waals surface area contributed by atoms with Crippen LogP contribution in [0.4, 0.5) is 15.8 Å². The molecule has 1 rings (SSSR count). The van der Waals surface area contributed by atoms with Gasteiger partial charge in [0.15, 0.2) is 0 Å². The highest BCUT2D eigenvalue weighted by Crippen LogP contribution is 2.21. The second-order valence-corrected chi connectivity index (χ2v) is 7.65. The molecule has 10 heteroatoms. The van der Waals surface area contributed by atoms with Crippen LogP contribution in [0.3, 0.4) is 0 Å². The first-order valence-corrected chi connectivity index (χ1v) is 9.04. The molecule has 0 bridgehead atoms. The van der Waals surface area contributed by atoms with Crippen LogP contribution < -0.4 is 9.44 Å². The Morgan fingerprint density at radius 2 is 1.84 bits per heavy atom. The molecule has 0 aliphatic rings. The van der Waals surface area contributed by atoms with Crippen molar-refractivity contribution in [2.24, 2.45) is 0 Å². The molecular weight excluding hydrogens is 319 g/mol. The van der Waals surface area contributed by atoms with Crippen molar-refractivity contribution < 1.29 is 21.2 Å². The van der Waals surface area contributed by atoms with Crippen molar-refractivity contribution in [3.8, 4) is 0 Å². The van der Waals surface area contributed by atoms with Crippen LogP contribution in [-0.4, -0.2) is 34.7 Å². The summed E-state index contributed by atoms with van der Waals surface area (Å²) in [6.45, 7) is 0. The van der Waals surface area contributed by atoms with Gasteiger partial charge >= 0.3 is 0 Å². The highest BCUT2D eigenvalue weighted by molar-refractivity contribution is 7.92. The van der Waals surface area contributed by atoms with Crippen molar-refractivity contribution in [2.75, 3.05) is 27.3 Å². The van der Waals surface area contributed by atoms with E-state index in [0.717, 1.165) is 18.4 Å². The zero-order valence-electron chi connectivity index (χ0n) is 9.85. The average molecular weight is 331 g/mol. The van der Waals surface area contributed by atoms with Gasteiger partial charge in [0.1, 0.15) is 5.82 Å². The summed E-state index contributed by atoms with van der Waals surface area (Å²) in [5.74, 6) is -1.21. The first-order chi connectivity index (χ1) is 8.63. The summed E-state index contributed by atoms with van der Waals surface area (Å²) in [6, 6.07) is 3.17. The molecule has 108 valence electrons. The van der Waals surface area contributed by atoms with E-state index in [4.69, 9.17) is 11.6 Å². The lowest BCUT2D eigenvalue weighted by atomic mass is 10.3. The largest absolute Gasteiger partial charge is 0.283 e. The Bertz CT molecular complexity index is 661. The maximum Gasteiger partial charge on any atom is 0.233 e. The SMILES string of the molecule is CS(=O)(=O)Nc1cc(NS(=O)(=O)CCCl)ccc1F. The van der Waals surface area contributed by atoms with E-state index in [-0.39, 0.29) is 23.0 Å². The predicted molar refractivity (Wildman–Crippen MR) is 73.0 cm³/mol. The van der Waals surface area contributed by atoms with E-state index in [1.54, 1.807) is 0 Å². The summed E-state index contributed by atoms with van der Waals surface area (Å²) >= 11 is 5.33. The summed E-state index contributed by atoms with van der Waals surface area (Å²) in [7, 11) is -7.30. The van der Waals surface area contributed by atoms with Gasteiger partial charge < -0.3 is 0 Å². The van der Waals surface area contributed by atoms with Gasteiger partial charge in [-0.25, -0.2) is 21.2 Å². The van der Waals surface area contributed by atoms with Crippen LogP contribution >= 0.6 is 11.6 Å². The lowest BCUT2D eigenvalue weighted by Gasteiger charge is -2.10. The van der Waals surface area contributed by atoms with Gasteiger partial charge in [0.05, 0.1) is 23.4 Å². The maximum absolute atomic E-state index is 13.4. The minimum Gasteiger partial charge on any atom is -0.283 e. The van der Waals surface area contributed by atoms with Crippen LogP contribution in [0.1, 0.15) is 0 Å². The van der Waals surface area contributed by atoms with E-state index in [1.165, 1.54) is 6.07 Å². The van der Waals surface area contributed by atoms with Crippen molar-refractivity contribution in [1.29, 1.82) is 0 Å². The molecule has 0 spiro atoms. The van der Waals surface area contributed by atoms with Gasteiger partial charge in [-0.1, -0.05) is 0 Å². The van der Waals surface area contributed by atoms with Gasteiger partial charge in [-0.2, -0.15) is 0 Å². The van der Waals surface area contributed by atoms with Gasteiger partial charge in [0, 0.05) is 5.88 Å². The molecule has 0 aromatic heterocycles. The zero-order valence-corrected chi connectivity index (χ0v) is 12.2. The molecule has 1 aromatic rings. The quantitative estimate of drug-likeness (QED) is 0.766. The Morgan fingerprint density at radius 3 is 2.37 bits per heavy atom. The molecule has 19 heavy (non-hydrogen) atoms. The molecule has 0 heterocycles. The molecule has 1 aromatic carbocycles. The van der Waals surface area contributed by atoms with E-state index in [2.05, 4.69) is 4.72 Å².